The molecule has 0 aromatic carbocycles. The largest absolute Gasteiger partial charge is 0.308 e. The lowest BCUT2D eigenvalue weighted by atomic mass is 9.76. The summed E-state index contributed by atoms with van der Waals surface area (Å²) in [6.07, 6.45) is 8.38. The van der Waals surface area contributed by atoms with Crippen LogP contribution in [-0.4, -0.2) is 47.1 Å². The van der Waals surface area contributed by atoms with Gasteiger partial charge in [0.15, 0.2) is 0 Å². The fourth-order valence-corrected chi connectivity index (χ4v) is 4.35. The molecule has 0 amide bonds. The van der Waals surface area contributed by atoms with Gasteiger partial charge in [0.05, 0.1) is 0 Å². The fourth-order valence-electron chi connectivity index (χ4n) is 3.71. The number of hydrogen-bond donors (Lipinski definition) is 1. The Morgan fingerprint density at radius 2 is 1.89 bits per heavy atom. The molecule has 2 nitrogen and oxygen atoms in total. The van der Waals surface area contributed by atoms with Gasteiger partial charge in [-0.05, 0) is 31.9 Å². The van der Waals surface area contributed by atoms with Gasteiger partial charge in [-0.3, -0.25) is 4.90 Å². The first-order chi connectivity index (χ1) is 9.14. The smallest absolute Gasteiger partial charge is 0.0335 e. The minimum absolute atomic E-state index is 0.333. The minimum atomic E-state index is 0.333. The van der Waals surface area contributed by atoms with E-state index in [2.05, 4.69) is 42.7 Å². The Balaban J connectivity index is 2.03. The summed E-state index contributed by atoms with van der Waals surface area (Å²) in [6, 6.07) is 0. The summed E-state index contributed by atoms with van der Waals surface area (Å²) in [6.45, 7) is 10.8. The standard InChI is InChI=1S/C16H32N2S/c1-4-15(3)14-18(11-12-19-5-2)16(13-17-15)9-7-6-8-10-16/h17H,4-14H2,1-3H3. The Morgan fingerprint density at radius 3 is 2.53 bits per heavy atom. The first kappa shape index (κ1) is 15.7. The molecule has 1 saturated heterocycles. The van der Waals surface area contributed by atoms with E-state index in [9.17, 15) is 0 Å². The van der Waals surface area contributed by atoms with Gasteiger partial charge < -0.3 is 5.32 Å². The molecular weight excluding hydrogens is 252 g/mol. The predicted molar refractivity (Wildman–Crippen MR) is 87.1 cm³/mol. The van der Waals surface area contributed by atoms with Gasteiger partial charge in [0, 0.05) is 36.5 Å². The maximum atomic E-state index is 3.88. The molecular formula is C16H32N2S. The predicted octanol–water partition coefficient (Wildman–Crippen LogP) is 3.52. The van der Waals surface area contributed by atoms with E-state index in [0.717, 1.165) is 0 Å². The van der Waals surface area contributed by atoms with Crippen LogP contribution in [0.2, 0.25) is 0 Å². The lowest BCUT2D eigenvalue weighted by Crippen LogP contribution is -2.69. The summed E-state index contributed by atoms with van der Waals surface area (Å²) in [5.74, 6) is 2.56. The zero-order valence-electron chi connectivity index (χ0n) is 13.1. The highest BCUT2D eigenvalue weighted by molar-refractivity contribution is 7.99. The average Bonchev–Trinajstić information content (AvgIpc) is 2.45. The van der Waals surface area contributed by atoms with Crippen LogP contribution in [0.1, 0.15) is 59.3 Å². The van der Waals surface area contributed by atoms with Crippen LogP contribution in [0.25, 0.3) is 0 Å². The number of nitrogens with one attached hydrogen (secondary N) is 1. The van der Waals surface area contributed by atoms with E-state index in [4.69, 9.17) is 0 Å². The van der Waals surface area contributed by atoms with Gasteiger partial charge >= 0.3 is 0 Å². The number of thioether (sulfide) groups is 1. The quantitative estimate of drug-likeness (QED) is 0.778. The highest BCUT2D eigenvalue weighted by atomic mass is 32.2. The van der Waals surface area contributed by atoms with Crippen molar-refractivity contribution in [2.75, 3.05) is 31.1 Å². The Bertz CT molecular complexity index is 276. The summed E-state index contributed by atoms with van der Waals surface area (Å²) in [5, 5.41) is 3.88. The SMILES string of the molecule is CCSCCN1CC(C)(CC)NCC12CCCCC2. The maximum Gasteiger partial charge on any atom is 0.0335 e. The molecule has 2 fully saturated rings. The molecule has 1 atom stereocenters. The molecule has 3 heteroatoms. The molecule has 0 bridgehead atoms. The van der Waals surface area contributed by atoms with Crippen LogP contribution in [0.3, 0.4) is 0 Å². The lowest BCUT2D eigenvalue weighted by molar-refractivity contribution is -0.0109. The van der Waals surface area contributed by atoms with Crippen molar-refractivity contribution in [3.63, 3.8) is 0 Å². The molecule has 2 aliphatic rings. The van der Waals surface area contributed by atoms with Crippen LogP contribution in [-0.2, 0) is 0 Å². The molecule has 1 heterocycles. The molecule has 1 N–H and O–H groups in total. The Kier molecular flexibility index (Phi) is 5.62. The number of rotatable bonds is 5. The normalized spacial score (nSPS) is 31.7. The van der Waals surface area contributed by atoms with Crippen LogP contribution in [0, 0.1) is 0 Å². The Morgan fingerprint density at radius 1 is 1.16 bits per heavy atom. The maximum absolute atomic E-state index is 3.88. The Hall–Kier alpha value is 0.270. The zero-order chi connectivity index (χ0) is 13.8. The van der Waals surface area contributed by atoms with Crippen LogP contribution in [0.4, 0.5) is 0 Å². The van der Waals surface area contributed by atoms with Crippen LogP contribution >= 0.6 is 11.8 Å². The second kappa shape index (κ2) is 6.82. The van der Waals surface area contributed by atoms with Gasteiger partial charge in [-0.2, -0.15) is 11.8 Å². The molecule has 1 saturated carbocycles. The van der Waals surface area contributed by atoms with Crippen LogP contribution in [0.15, 0.2) is 0 Å². The van der Waals surface area contributed by atoms with Crippen molar-refractivity contribution in [1.82, 2.24) is 10.2 Å². The van der Waals surface area contributed by atoms with Gasteiger partial charge in [0.25, 0.3) is 0 Å². The van der Waals surface area contributed by atoms with Crippen molar-refractivity contribution < 1.29 is 0 Å². The lowest BCUT2D eigenvalue weighted by Gasteiger charge is -2.55. The summed E-state index contributed by atoms with van der Waals surface area (Å²) in [4.78, 5) is 2.86. The van der Waals surface area contributed by atoms with Gasteiger partial charge in [-0.15, -0.1) is 0 Å². The van der Waals surface area contributed by atoms with Crippen molar-refractivity contribution in [3.05, 3.63) is 0 Å². The molecule has 1 unspecified atom stereocenters. The molecule has 0 aromatic heterocycles. The van der Waals surface area contributed by atoms with Crippen molar-refractivity contribution >= 4 is 11.8 Å². The van der Waals surface area contributed by atoms with Crippen LogP contribution in [0.5, 0.6) is 0 Å². The monoisotopic (exact) mass is 284 g/mol. The van der Waals surface area contributed by atoms with Gasteiger partial charge in [0.2, 0.25) is 0 Å². The number of piperazine rings is 1. The average molecular weight is 285 g/mol. The Labute approximate surface area is 124 Å². The van der Waals surface area contributed by atoms with Crippen molar-refractivity contribution in [2.24, 2.45) is 0 Å². The van der Waals surface area contributed by atoms with Gasteiger partial charge in [-0.1, -0.05) is 33.1 Å². The molecule has 2 rings (SSSR count). The molecule has 0 aromatic rings. The molecule has 1 spiro atoms. The van der Waals surface area contributed by atoms with E-state index in [1.807, 2.05) is 0 Å². The van der Waals surface area contributed by atoms with Gasteiger partial charge in [0.1, 0.15) is 0 Å². The van der Waals surface area contributed by atoms with E-state index in [1.165, 1.54) is 69.7 Å². The van der Waals surface area contributed by atoms with E-state index >= 15 is 0 Å². The van der Waals surface area contributed by atoms with E-state index in [-0.39, 0.29) is 0 Å². The zero-order valence-corrected chi connectivity index (χ0v) is 14.0. The van der Waals surface area contributed by atoms with E-state index in [0.29, 0.717) is 11.1 Å². The topological polar surface area (TPSA) is 15.3 Å². The number of nitrogens with zero attached hydrogens (tertiary/aromatic N) is 1. The number of hydrogen-bond acceptors (Lipinski definition) is 3. The third-order valence-electron chi connectivity index (χ3n) is 5.33. The summed E-state index contributed by atoms with van der Waals surface area (Å²) in [5.41, 5.74) is 0.820. The van der Waals surface area contributed by atoms with Crippen molar-refractivity contribution in [2.45, 2.75) is 70.4 Å². The minimum Gasteiger partial charge on any atom is -0.308 e. The second-order valence-corrected chi connectivity index (χ2v) is 8.07. The first-order valence-electron chi connectivity index (χ1n) is 8.22. The van der Waals surface area contributed by atoms with E-state index < -0.39 is 0 Å². The van der Waals surface area contributed by atoms with Crippen LogP contribution < -0.4 is 5.32 Å². The fraction of sp³-hybridized carbons (Fsp3) is 1.00. The molecule has 1 aliphatic carbocycles. The summed E-state index contributed by atoms with van der Waals surface area (Å²) < 4.78 is 0. The molecule has 19 heavy (non-hydrogen) atoms. The van der Waals surface area contributed by atoms with Crippen molar-refractivity contribution in [1.29, 1.82) is 0 Å². The third kappa shape index (κ3) is 3.68. The summed E-state index contributed by atoms with van der Waals surface area (Å²) >= 11 is 2.09. The third-order valence-corrected chi connectivity index (χ3v) is 6.21. The summed E-state index contributed by atoms with van der Waals surface area (Å²) in [7, 11) is 0. The first-order valence-corrected chi connectivity index (χ1v) is 9.37. The van der Waals surface area contributed by atoms with Crippen molar-refractivity contribution in [3.8, 4) is 0 Å². The molecule has 112 valence electrons. The highest BCUT2D eigenvalue weighted by Crippen LogP contribution is 2.37. The molecule has 1 aliphatic heterocycles. The van der Waals surface area contributed by atoms with Gasteiger partial charge in [-0.25, -0.2) is 0 Å². The highest BCUT2D eigenvalue weighted by Gasteiger charge is 2.44. The second-order valence-electron chi connectivity index (χ2n) is 6.67. The molecule has 0 radical (unpaired) electrons. The van der Waals surface area contributed by atoms with E-state index in [1.54, 1.807) is 0 Å².